The van der Waals surface area contributed by atoms with E-state index in [4.69, 9.17) is 16.3 Å². The molecule has 1 N–H and O–H groups in total. The molecule has 3 rings (SSSR count). The lowest BCUT2D eigenvalue weighted by Gasteiger charge is -2.36. The Morgan fingerprint density at radius 1 is 1.32 bits per heavy atom. The maximum Gasteiger partial charge on any atom is 0.254 e. The Labute approximate surface area is 138 Å². The van der Waals surface area contributed by atoms with E-state index in [0.717, 1.165) is 11.5 Å². The van der Waals surface area contributed by atoms with Crippen LogP contribution in [0.25, 0.3) is 0 Å². The van der Waals surface area contributed by atoms with Gasteiger partial charge in [-0.3, -0.25) is 9.59 Å². The van der Waals surface area contributed by atoms with E-state index in [-0.39, 0.29) is 18.4 Å². The highest BCUT2D eigenvalue weighted by Crippen LogP contribution is 2.29. The average molecular weight is 341 g/mol. The van der Waals surface area contributed by atoms with Gasteiger partial charge < -0.3 is 15.0 Å². The second-order valence-electron chi connectivity index (χ2n) is 5.24. The SMILES string of the molecule is O=C1CO[C@H](C(=O)N2CCSCC2)[C@@H](c2ccccc2Cl)N1. The van der Waals surface area contributed by atoms with Gasteiger partial charge in [0.2, 0.25) is 5.91 Å². The van der Waals surface area contributed by atoms with Gasteiger partial charge in [0.15, 0.2) is 6.10 Å². The van der Waals surface area contributed by atoms with E-state index < -0.39 is 12.1 Å². The molecule has 2 saturated heterocycles. The molecule has 2 amide bonds. The molecule has 0 aliphatic carbocycles. The summed E-state index contributed by atoms with van der Waals surface area (Å²) in [6.45, 7) is 1.33. The van der Waals surface area contributed by atoms with Crippen LogP contribution in [0.4, 0.5) is 0 Å². The minimum Gasteiger partial charge on any atom is -0.356 e. The lowest BCUT2D eigenvalue weighted by Crippen LogP contribution is -2.54. The summed E-state index contributed by atoms with van der Waals surface area (Å²) in [4.78, 5) is 26.3. The fraction of sp³-hybridized carbons (Fsp3) is 0.467. The van der Waals surface area contributed by atoms with Gasteiger partial charge in [0.05, 0.1) is 6.04 Å². The zero-order valence-corrected chi connectivity index (χ0v) is 13.5. The molecule has 2 heterocycles. The van der Waals surface area contributed by atoms with Gasteiger partial charge in [-0.25, -0.2) is 0 Å². The predicted molar refractivity (Wildman–Crippen MR) is 86.0 cm³/mol. The lowest BCUT2D eigenvalue weighted by molar-refractivity contribution is -0.155. The maximum absolute atomic E-state index is 12.8. The third-order valence-electron chi connectivity index (χ3n) is 3.82. The number of halogens is 1. The van der Waals surface area contributed by atoms with E-state index >= 15 is 0 Å². The molecule has 2 aliphatic heterocycles. The number of ether oxygens (including phenoxy) is 1. The molecule has 0 bridgehead atoms. The van der Waals surface area contributed by atoms with E-state index in [0.29, 0.717) is 23.7 Å². The van der Waals surface area contributed by atoms with Crippen molar-refractivity contribution in [3.63, 3.8) is 0 Å². The number of carbonyl (C=O) groups is 2. The molecule has 2 atom stereocenters. The van der Waals surface area contributed by atoms with Gasteiger partial charge in [0.25, 0.3) is 5.91 Å². The van der Waals surface area contributed by atoms with Crippen LogP contribution in [0.3, 0.4) is 0 Å². The molecule has 2 fully saturated rings. The minimum absolute atomic E-state index is 0.0785. The number of nitrogens with zero attached hydrogens (tertiary/aromatic N) is 1. The summed E-state index contributed by atoms with van der Waals surface area (Å²) in [5.74, 6) is 1.55. The molecule has 7 heteroatoms. The third kappa shape index (κ3) is 3.24. The first-order chi connectivity index (χ1) is 10.7. The van der Waals surface area contributed by atoms with Gasteiger partial charge >= 0.3 is 0 Å². The topological polar surface area (TPSA) is 58.6 Å². The summed E-state index contributed by atoms with van der Waals surface area (Å²) in [5.41, 5.74) is 0.710. The number of carbonyl (C=O) groups excluding carboxylic acids is 2. The van der Waals surface area contributed by atoms with Gasteiger partial charge in [-0.2, -0.15) is 11.8 Å². The highest BCUT2D eigenvalue weighted by molar-refractivity contribution is 7.99. The number of rotatable bonds is 2. The van der Waals surface area contributed by atoms with Crippen LogP contribution in [0.2, 0.25) is 5.02 Å². The Morgan fingerprint density at radius 2 is 2.05 bits per heavy atom. The molecule has 0 aromatic heterocycles. The van der Waals surface area contributed by atoms with Crippen molar-refractivity contribution in [1.29, 1.82) is 0 Å². The van der Waals surface area contributed by atoms with E-state index in [2.05, 4.69) is 5.32 Å². The Morgan fingerprint density at radius 3 is 2.77 bits per heavy atom. The van der Waals surface area contributed by atoms with Crippen LogP contribution >= 0.6 is 23.4 Å². The van der Waals surface area contributed by atoms with Gasteiger partial charge in [0, 0.05) is 29.6 Å². The molecule has 1 aromatic rings. The molecule has 118 valence electrons. The summed E-state index contributed by atoms with van der Waals surface area (Å²) in [7, 11) is 0. The van der Waals surface area contributed by atoms with Crippen molar-refractivity contribution in [2.45, 2.75) is 12.1 Å². The molecule has 0 radical (unpaired) electrons. The Balaban J connectivity index is 1.85. The summed E-state index contributed by atoms with van der Waals surface area (Å²) >= 11 is 8.06. The summed E-state index contributed by atoms with van der Waals surface area (Å²) in [5, 5.41) is 3.36. The maximum atomic E-state index is 12.8. The largest absolute Gasteiger partial charge is 0.356 e. The van der Waals surface area contributed by atoms with Crippen LogP contribution in [-0.2, 0) is 14.3 Å². The van der Waals surface area contributed by atoms with Gasteiger partial charge in [-0.1, -0.05) is 29.8 Å². The van der Waals surface area contributed by atoms with Crippen molar-refractivity contribution in [1.82, 2.24) is 10.2 Å². The van der Waals surface area contributed by atoms with Crippen LogP contribution in [0, 0.1) is 0 Å². The van der Waals surface area contributed by atoms with Crippen LogP contribution in [0.1, 0.15) is 11.6 Å². The first-order valence-corrected chi connectivity index (χ1v) is 8.72. The zero-order valence-electron chi connectivity index (χ0n) is 12.0. The number of hydrogen-bond donors (Lipinski definition) is 1. The number of amides is 2. The van der Waals surface area contributed by atoms with Crippen molar-refractivity contribution in [2.75, 3.05) is 31.2 Å². The van der Waals surface area contributed by atoms with Gasteiger partial charge in [-0.15, -0.1) is 0 Å². The molecular weight excluding hydrogens is 324 g/mol. The Kier molecular flexibility index (Phi) is 4.90. The second-order valence-corrected chi connectivity index (χ2v) is 6.87. The number of hydrogen-bond acceptors (Lipinski definition) is 4. The van der Waals surface area contributed by atoms with Crippen molar-refractivity contribution < 1.29 is 14.3 Å². The smallest absolute Gasteiger partial charge is 0.254 e. The van der Waals surface area contributed by atoms with E-state index in [9.17, 15) is 9.59 Å². The molecule has 0 unspecified atom stereocenters. The standard InChI is InChI=1S/C15H17ClN2O3S/c16-11-4-2-1-3-10(11)13-14(21-9-12(19)17-13)15(20)18-5-7-22-8-6-18/h1-4,13-14H,5-9H2,(H,17,19)/t13-,14+/m1/s1. The monoisotopic (exact) mass is 340 g/mol. The average Bonchev–Trinajstić information content (AvgIpc) is 2.55. The number of morpholine rings is 1. The van der Waals surface area contributed by atoms with Crippen LogP contribution in [-0.4, -0.2) is 54.0 Å². The minimum atomic E-state index is -0.722. The molecule has 2 aliphatic rings. The van der Waals surface area contributed by atoms with E-state index in [1.807, 2.05) is 34.9 Å². The van der Waals surface area contributed by atoms with Crippen molar-refractivity contribution in [3.05, 3.63) is 34.9 Å². The molecule has 5 nitrogen and oxygen atoms in total. The lowest BCUT2D eigenvalue weighted by atomic mass is 9.98. The third-order valence-corrected chi connectivity index (χ3v) is 5.11. The molecule has 0 saturated carbocycles. The fourth-order valence-electron chi connectivity index (χ4n) is 2.70. The van der Waals surface area contributed by atoms with E-state index in [1.54, 1.807) is 6.07 Å². The predicted octanol–water partition coefficient (Wildman–Crippen LogP) is 1.47. The molecule has 1 aromatic carbocycles. The van der Waals surface area contributed by atoms with Crippen molar-refractivity contribution in [2.24, 2.45) is 0 Å². The van der Waals surface area contributed by atoms with Crippen LogP contribution in [0.5, 0.6) is 0 Å². The molecule has 22 heavy (non-hydrogen) atoms. The Hall–Kier alpha value is -1.24. The zero-order chi connectivity index (χ0) is 15.5. The second kappa shape index (κ2) is 6.89. The number of benzene rings is 1. The van der Waals surface area contributed by atoms with Crippen LogP contribution < -0.4 is 5.32 Å². The first kappa shape index (κ1) is 15.6. The highest BCUT2D eigenvalue weighted by atomic mass is 35.5. The highest BCUT2D eigenvalue weighted by Gasteiger charge is 2.39. The number of nitrogens with one attached hydrogen (secondary N) is 1. The van der Waals surface area contributed by atoms with Gasteiger partial charge in [-0.05, 0) is 11.6 Å². The van der Waals surface area contributed by atoms with Gasteiger partial charge in [0.1, 0.15) is 6.61 Å². The van der Waals surface area contributed by atoms with Crippen molar-refractivity contribution >= 4 is 35.2 Å². The molecular formula is C15H17ClN2O3S. The molecule has 0 spiro atoms. The number of thioether (sulfide) groups is 1. The normalized spacial score (nSPS) is 25.7. The summed E-state index contributed by atoms with van der Waals surface area (Å²) < 4.78 is 5.56. The summed E-state index contributed by atoms with van der Waals surface area (Å²) in [6, 6.07) is 6.67. The Bertz CT molecular complexity index is 578. The van der Waals surface area contributed by atoms with E-state index in [1.165, 1.54) is 0 Å². The summed E-state index contributed by atoms with van der Waals surface area (Å²) in [6.07, 6.45) is -0.722. The fourth-order valence-corrected chi connectivity index (χ4v) is 3.85. The first-order valence-electron chi connectivity index (χ1n) is 7.19. The quantitative estimate of drug-likeness (QED) is 0.885. The van der Waals surface area contributed by atoms with Crippen LogP contribution in [0.15, 0.2) is 24.3 Å². The van der Waals surface area contributed by atoms with Crippen molar-refractivity contribution in [3.8, 4) is 0 Å².